The predicted molar refractivity (Wildman–Crippen MR) is 82.3 cm³/mol. The van der Waals surface area contributed by atoms with E-state index in [0.717, 1.165) is 22.0 Å². The molecule has 0 N–H and O–H groups in total. The highest BCUT2D eigenvalue weighted by molar-refractivity contribution is 9.10. The molecule has 6 heteroatoms. The standard InChI is InChI=1S/C12H15Br2NO2S/c13-9-10-2-3-12(11(14)8-10)15-4-1-6-18(16,17)7-5-15/h2-3,8H,1,4-7,9H2. The van der Waals surface area contributed by atoms with Gasteiger partial charge in [0.1, 0.15) is 0 Å². The minimum atomic E-state index is -2.85. The van der Waals surface area contributed by atoms with Crippen LogP contribution >= 0.6 is 31.9 Å². The molecular formula is C12H15Br2NO2S. The van der Waals surface area contributed by atoms with Crippen LogP contribution in [0.15, 0.2) is 22.7 Å². The monoisotopic (exact) mass is 395 g/mol. The number of benzene rings is 1. The third kappa shape index (κ3) is 3.48. The highest BCUT2D eigenvalue weighted by Crippen LogP contribution is 2.29. The van der Waals surface area contributed by atoms with Crippen LogP contribution in [0.1, 0.15) is 12.0 Å². The van der Waals surface area contributed by atoms with Crippen molar-refractivity contribution < 1.29 is 8.42 Å². The van der Waals surface area contributed by atoms with Crippen LogP contribution in [-0.2, 0) is 15.2 Å². The molecule has 1 aliphatic rings. The number of alkyl halides is 1. The van der Waals surface area contributed by atoms with Crippen molar-refractivity contribution in [3.63, 3.8) is 0 Å². The molecule has 0 bridgehead atoms. The van der Waals surface area contributed by atoms with E-state index in [9.17, 15) is 8.42 Å². The molecule has 1 aromatic rings. The van der Waals surface area contributed by atoms with E-state index < -0.39 is 9.84 Å². The molecule has 1 heterocycles. The molecule has 0 saturated carbocycles. The smallest absolute Gasteiger partial charge is 0.152 e. The van der Waals surface area contributed by atoms with Crippen molar-refractivity contribution in [3.8, 4) is 0 Å². The Morgan fingerprint density at radius 3 is 2.67 bits per heavy atom. The Morgan fingerprint density at radius 1 is 1.22 bits per heavy atom. The van der Waals surface area contributed by atoms with Gasteiger partial charge < -0.3 is 4.90 Å². The SMILES string of the molecule is O=S1(=O)CCCN(c2ccc(CBr)cc2Br)CC1. The van der Waals surface area contributed by atoms with Crippen molar-refractivity contribution in [2.24, 2.45) is 0 Å². The van der Waals surface area contributed by atoms with Gasteiger partial charge in [0.25, 0.3) is 0 Å². The quantitative estimate of drug-likeness (QED) is 0.721. The first-order chi connectivity index (χ1) is 8.52. The van der Waals surface area contributed by atoms with Crippen molar-refractivity contribution in [1.29, 1.82) is 0 Å². The molecule has 0 aliphatic carbocycles. The van der Waals surface area contributed by atoms with Crippen molar-refractivity contribution in [2.75, 3.05) is 29.5 Å². The zero-order chi connectivity index (χ0) is 13.2. The number of hydrogen-bond acceptors (Lipinski definition) is 3. The summed E-state index contributed by atoms with van der Waals surface area (Å²) >= 11 is 6.99. The van der Waals surface area contributed by atoms with Gasteiger partial charge in [-0.15, -0.1) is 0 Å². The molecule has 3 nitrogen and oxygen atoms in total. The van der Waals surface area contributed by atoms with Crippen molar-refractivity contribution in [2.45, 2.75) is 11.8 Å². The molecule has 0 aromatic heterocycles. The molecule has 18 heavy (non-hydrogen) atoms. The van der Waals surface area contributed by atoms with Gasteiger partial charge in [-0.05, 0) is 40.0 Å². The lowest BCUT2D eigenvalue weighted by atomic mass is 10.2. The summed E-state index contributed by atoms with van der Waals surface area (Å²) in [5, 5.41) is 0.820. The summed E-state index contributed by atoms with van der Waals surface area (Å²) in [6, 6.07) is 6.19. The first kappa shape index (κ1) is 14.3. The van der Waals surface area contributed by atoms with Crippen molar-refractivity contribution in [3.05, 3.63) is 28.2 Å². The fourth-order valence-corrected chi connectivity index (χ4v) is 4.37. The van der Waals surface area contributed by atoms with Gasteiger partial charge in [-0.1, -0.05) is 22.0 Å². The van der Waals surface area contributed by atoms with Gasteiger partial charge in [-0.3, -0.25) is 0 Å². The zero-order valence-corrected chi connectivity index (χ0v) is 13.9. The van der Waals surface area contributed by atoms with E-state index in [0.29, 0.717) is 18.7 Å². The fourth-order valence-electron chi connectivity index (χ4n) is 2.07. The van der Waals surface area contributed by atoms with Gasteiger partial charge in [-0.2, -0.15) is 0 Å². The molecule has 100 valence electrons. The van der Waals surface area contributed by atoms with E-state index in [4.69, 9.17) is 0 Å². The van der Waals surface area contributed by atoms with E-state index in [1.165, 1.54) is 5.56 Å². The Morgan fingerprint density at radius 2 is 2.00 bits per heavy atom. The minimum absolute atomic E-state index is 0.250. The Hall–Kier alpha value is -0.0700. The normalized spacial score (nSPS) is 19.6. The summed E-state index contributed by atoms with van der Waals surface area (Å²) in [7, 11) is -2.85. The summed E-state index contributed by atoms with van der Waals surface area (Å²) < 4.78 is 24.2. The van der Waals surface area contributed by atoms with E-state index in [1.807, 2.05) is 0 Å². The van der Waals surface area contributed by atoms with E-state index in [1.54, 1.807) is 0 Å². The molecule has 2 rings (SSSR count). The Bertz CT molecular complexity index is 531. The van der Waals surface area contributed by atoms with Gasteiger partial charge >= 0.3 is 0 Å². The lowest BCUT2D eigenvalue weighted by Gasteiger charge is -2.23. The summed E-state index contributed by atoms with van der Waals surface area (Å²) in [5.74, 6) is 0.556. The summed E-state index contributed by atoms with van der Waals surface area (Å²) in [6.07, 6.45) is 0.703. The minimum Gasteiger partial charge on any atom is -0.370 e. The average Bonchev–Trinajstić information content (AvgIpc) is 2.50. The Balaban J connectivity index is 2.21. The number of anilines is 1. The molecule has 0 amide bonds. The van der Waals surface area contributed by atoms with Crippen LogP contribution in [0.4, 0.5) is 5.69 Å². The van der Waals surface area contributed by atoms with Crippen molar-refractivity contribution in [1.82, 2.24) is 0 Å². The van der Waals surface area contributed by atoms with Crippen molar-refractivity contribution >= 4 is 47.4 Å². The highest BCUT2D eigenvalue weighted by atomic mass is 79.9. The number of rotatable bonds is 2. The van der Waals surface area contributed by atoms with Crippen LogP contribution in [-0.4, -0.2) is 33.0 Å². The Kier molecular flexibility index (Phi) is 4.72. The van der Waals surface area contributed by atoms with Crippen LogP contribution in [0.2, 0.25) is 0 Å². The maximum Gasteiger partial charge on any atom is 0.152 e. The molecule has 0 radical (unpaired) electrons. The average molecular weight is 397 g/mol. The molecule has 0 spiro atoms. The molecule has 1 aromatic carbocycles. The second-order valence-electron chi connectivity index (χ2n) is 4.41. The van der Waals surface area contributed by atoms with Gasteiger partial charge in [0, 0.05) is 22.9 Å². The second kappa shape index (κ2) is 5.92. The number of sulfone groups is 1. The van der Waals surface area contributed by atoms with E-state index in [2.05, 4.69) is 55.0 Å². The molecule has 0 atom stereocenters. The summed E-state index contributed by atoms with van der Waals surface area (Å²) in [4.78, 5) is 2.15. The van der Waals surface area contributed by atoms with Crippen LogP contribution in [0, 0.1) is 0 Å². The number of hydrogen-bond donors (Lipinski definition) is 0. The van der Waals surface area contributed by atoms with Gasteiger partial charge in [0.2, 0.25) is 0 Å². The Labute approximate surface area is 125 Å². The first-order valence-corrected chi connectivity index (χ1v) is 9.55. The lowest BCUT2D eigenvalue weighted by molar-refractivity contribution is 0.597. The van der Waals surface area contributed by atoms with Gasteiger partial charge in [-0.25, -0.2) is 8.42 Å². The zero-order valence-electron chi connectivity index (χ0n) is 9.90. The fraction of sp³-hybridized carbons (Fsp3) is 0.500. The summed E-state index contributed by atoms with van der Waals surface area (Å²) in [6.45, 7) is 1.38. The molecule has 1 saturated heterocycles. The number of halogens is 2. The van der Waals surface area contributed by atoms with Crippen LogP contribution in [0.25, 0.3) is 0 Å². The number of nitrogens with zero attached hydrogens (tertiary/aromatic N) is 1. The van der Waals surface area contributed by atoms with Crippen LogP contribution in [0.5, 0.6) is 0 Å². The topological polar surface area (TPSA) is 37.4 Å². The first-order valence-electron chi connectivity index (χ1n) is 5.81. The maximum atomic E-state index is 11.6. The third-order valence-corrected chi connectivity index (χ3v) is 6.06. The van der Waals surface area contributed by atoms with Crippen LogP contribution in [0.3, 0.4) is 0 Å². The third-order valence-electron chi connectivity index (χ3n) is 3.06. The lowest BCUT2D eigenvalue weighted by Crippen LogP contribution is -2.27. The summed E-state index contributed by atoms with van der Waals surface area (Å²) in [5.41, 5.74) is 2.28. The van der Waals surface area contributed by atoms with Gasteiger partial charge in [0.05, 0.1) is 17.2 Å². The van der Waals surface area contributed by atoms with E-state index >= 15 is 0 Å². The maximum absolute atomic E-state index is 11.6. The highest BCUT2D eigenvalue weighted by Gasteiger charge is 2.20. The molecule has 0 unspecified atom stereocenters. The molecular weight excluding hydrogens is 382 g/mol. The second-order valence-corrected chi connectivity index (χ2v) is 8.13. The predicted octanol–water partition coefficient (Wildman–Crippen LogP) is 2.97. The van der Waals surface area contributed by atoms with Gasteiger partial charge in [0.15, 0.2) is 9.84 Å². The molecule has 1 fully saturated rings. The van der Waals surface area contributed by atoms with E-state index in [-0.39, 0.29) is 5.75 Å². The largest absolute Gasteiger partial charge is 0.370 e. The van der Waals surface area contributed by atoms with Crippen LogP contribution < -0.4 is 4.90 Å². The molecule has 1 aliphatic heterocycles.